The lowest BCUT2D eigenvalue weighted by molar-refractivity contribution is 0.0943. The molecule has 0 unspecified atom stereocenters. The Bertz CT molecular complexity index is 1440. The summed E-state index contributed by atoms with van der Waals surface area (Å²) in [5.41, 5.74) is 4.00. The van der Waals surface area contributed by atoms with Crippen LogP contribution in [-0.4, -0.2) is 27.6 Å². The molecule has 7 heteroatoms. The molecule has 0 aromatic heterocycles. The molecule has 0 bridgehead atoms. The summed E-state index contributed by atoms with van der Waals surface area (Å²) in [6, 6.07) is 30.9. The van der Waals surface area contributed by atoms with Gasteiger partial charge in [0, 0.05) is 17.5 Å². The van der Waals surface area contributed by atoms with Crippen LogP contribution in [-0.2, 0) is 10.0 Å². The fraction of sp³-hybridized carbons (Fsp3) is 0.138. The molecule has 0 spiro atoms. The van der Waals surface area contributed by atoms with E-state index in [-0.39, 0.29) is 16.8 Å². The van der Waals surface area contributed by atoms with Gasteiger partial charge >= 0.3 is 0 Å². The van der Waals surface area contributed by atoms with Gasteiger partial charge in [0.25, 0.3) is 15.9 Å². The predicted octanol–water partition coefficient (Wildman–Crippen LogP) is 6.06. The molecule has 1 atom stereocenters. The third-order valence-electron chi connectivity index (χ3n) is 6.12. The standard InChI is InChI=1S/C29H28N2O3S2/c1-21-9-7-8-12-27(21)28(22-10-5-4-6-11-22)30-29(32)23-13-15-24(16-14-23)31(2)36(33,34)26-19-17-25(35-3)18-20-26/h4-20,28H,1-3H3,(H,30,32)/t28-/m0/s1. The molecule has 184 valence electrons. The first kappa shape index (κ1) is 25.5. The maximum absolute atomic E-state index is 13.2. The van der Waals surface area contributed by atoms with Crippen LogP contribution in [0.4, 0.5) is 5.69 Å². The van der Waals surface area contributed by atoms with Gasteiger partial charge < -0.3 is 5.32 Å². The van der Waals surface area contributed by atoms with E-state index in [4.69, 9.17) is 0 Å². The molecule has 0 aliphatic heterocycles. The Hall–Kier alpha value is -3.55. The van der Waals surface area contributed by atoms with Crippen molar-refractivity contribution in [3.05, 3.63) is 125 Å². The van der Waals surface area contributed by atoms with E-state index in [0.717, 1.165) is 21.6 Å². The van der Waals surface area contributed by atoms with Crippen molar-refractivity contribution in [3.63, 3.8) is 0 Å². The number of sulfonamides is 1. The number of rotatable bonds is 8. The van der Waals surface area contributed by atoms with Crippen molar-refractivity contribution in [2.24, 2.45) is 0 Å². The van der Waals surface area contributed by atoms with Crippen LogP contribution in [0.25, 0.3) is 0 Å². The van der Waals surface area contributed by atoms with Crippen molar-refractivity contribution in [3.8, 4) is 0 Å². The lowest BCUT2D eigenvalue weighted by Crippen LogP contribution is -2.30. The van der Waals surface area contributed by atoms with Gasteiger partial charge in [-0.1, -0.05) is 54.6 Å². The summed E-state index contributed by atoms with van der Waals surface area (Å²) in [7, 11) is -2.21. The van der Waals surface area contributed by atoms with Gasteiger partial charge in [0.15, 0.2) is 0 Å². The lowest BCUT2D eigenvalue weighted by Gasteiger charge is -2.22. The molecular weight excluding hydrogens is 488 g/mol. The smallest absolute Gasteiger partial charge is 0.264 e. The van der Waals surface area contributed by atoms with Crippen molar-refractivity contribution >= 4 is 33.4 Å². The Balaban J connectivity index is 1.56. The highest BCUT2D eigenvalue weighted by Crippen LogP contribution is 2.27. The highest BCUT2D eigenvalue weighted by molar-refractivity contribution is 7.98. The largest absolute Gasteiger partial charge is 0.341 e. The minimum absolute atomic E-state index is 0.216. The lowest BCUT2D eigenvalue weighted by atomic mass is 9.94. The normalized spacial score (nSPS) is 12.1. The predicted molar refractivity (Wildman–Crippen MR) is 147 cm³/mol. The molecule has 0 fully saturated rings. The van der Waals surface area contributed by atoms with Crippen molar-refractivity contribution in [2.45, 2.75) is 22.8 Å². The minimum atomic E-state index is -3.72. The molecule has 1 N–H and O–H groups in total. The fourth-order valence-corrected chi connectivity index (χ4v) is 5.58. The number of anilines is 1. The average Bonchev–Trinajstić information content (AvgIpc) is 2.92. The summed E-state index contributed by atoms with van der Waals surface area (Å²) in [5.74, 6) is -0.239. The van der Waals surface area contributed by atoms with E-state index in [1.807, 2.05) is 67.8 Å². The van der Waals surface area contributed by atoms with Crippen LogP contribution >= 0.6 is 11.8 Å². The van der Waals surface area contributed by atoms with Gasteiger partial charge in [-0.25, -0.2) is 8.42 Å². The van der Waals surface area contributed by atoms with Crippen LogP contribution in [0.3, 0.4) is 0 Å². The highest BCUT2D eigenvalue weighted by atomic mass is 32.2. The molecule has 4 rings (SSSR count). The van der Waals surface area contributed by atoms with E-state index in [1.165, 1.54) is 11.4 Å². The number of nitrogens with zero attached hydrogens (tertiary/aromatic N) is 1. The summed E-state index contributed by atoms with van der Waals surface area (Å²) in [5, 5.41) is 3.15. The van der Waals surface area contributed by atoms with Crippen LogP contribution < -0.4 is 9.62 Å². The first-order valence-electron chi connectivity index (χ1n) is 11.5. The molecule has 1 amide bonds. The molecule has 5 nitrogen and oxygen atoms in total. The molecule has 0 aliphatic rings. The topological polar surface area (TPSA) is 66.5 Å². The second-order valence-electron chi connectivity index (χ2n) is 8.37. The first-order valence-corrected chi connectivity index (χ1v) is 14.1. The Kier molecular flexibility index (Phi) is 7.82. The summed E-state index contributed by atoms with van der Waals surface area (Å²) in [4.78, 5) is 14.4. The molecule has 4 aromatic carbocycles. The number of hydrogen-bond donors (Lipinski definition) is 1. The van der Waals surface area contributed by atoms with Gasteiger partial charge in [-0.15, -0.1) is 11.8 Å². The number of aryl methyl sites for hydroxylation is 1. The molecule has 0 aliphatic carbocycles. The molecular formula is C29H28N2O3S2. The molecule has 0 saturated carbocycles. The second-order valence-corrected chi connectivity index (χ2v) is 11.2. The van der Waals surface area contributed by atoms with Crippen LogP contribution in [0, 0.1) is 6.92 Å². The van der Waals surface area contributed by atoms with E-state index in [9.17, 15) is 13.2 Å². The van der Waals surface area contributed by atoms with Gasteiger partial charge in [-0.05, 0) is 78.4 Å². The van der Waals surface area contributed by atoms with Crippen LogP contribution in [0.1, 0.15) is 33.1 Å². The molecule has 4 aromatic rings. The zero-order valence-corrected chi connectivity index (χ0v) is 22.0. The minimum Gasteiger partial charge on any atom is -0.341 e. The third kappa shape index (κ3) is 5.48. The summed E-state index contributed by atoms with van der Waals surface area (Å²) >= 11 is 1.55. The van der Waals surface area contributed by atoms with Crippen molar-refractivity contribution < 1.29 is 13.2 Å². The quantitative estimate of drug-likeness (QED) is 0.289. The van der Waals surface area contributed by atoms with E-state index in [2.05, 4.69) is 5.32 Å². The van der Waals surface area contributed by atoms with Crippen molar-refractivity contribution in [1.29, 1.82) is 0 Å². The average molecular weight is 517 g/mol. The maximum Gasteiger partial charge on any atom is 0.264 e. The van der Waals surface area contributed by atoms with E-state index in [1.54, 1.807) is 60.3 Å². The molecule has 36 heavy (non-hydrogen) atoms. The maximum atomic E-state index is 13.2. The summed E-state index contributed by atoms with van der Waals surface area (Å²) in [6.45, 7) is 2.02. The second kappa shape index (κ2) is 11.0. The van der Waals surface area contributed by atoms with Gasteiger partial charge in [0.05, 0.1) is 16.6 Å². The van der Waals surface area contributed by atoms with Gasteiger partial charge in [0.1, 0.15) is 0 Å². The number of hydrogen-bond acceptors (Lipinski definition) is 4. The molecule has 0 saturated heterocycles. The highest BCUT2D eigenvalue weighted by Gasteiger charge is 2.23. The third-order valence-corrected chi connectivity index (χ3v) is 8.66. The summed E-state index contributed by atoms with van der Waals surface area (Å²) < 4.78 is 27.4. The first-order chi connectivity index (χ1) is 17.3. The Morgan fingerprint density at radius 3 is 2.06 bits per heavy atom. The van der Waals surface area contributed by atoms with Crippen molar-refractivity contribution in [2.75, 3.05) is 17.6 Å². The zero-order valence-electron chi connectivity index (χ0n) is 20.4. The van der Waals surface area contributed by atoms with Crippen LogP contribution in [0.2, 0.25) is 0 Å². The Morgan fingerprint density at radius 2 is 1.44 bits per heavy atom. The SMILES string of the molecule is CSc1ccc(S(=O)(=O)N(C)c2ccc(C(=O)N[C@@H](c3ccccc3)c3ccccc3C)cc2)cc1. The number of nitrogens with one attached hydrogen (secondary N) is 1. The Morgan fingerprint density at radius 1 is 0.833 bits per heavy atom. The number of benzene rings is 4. The number of thioether (sulfide) groups is 1. The number of amides is 1. The number of carbonyl (C=O) groups is 1. The molecule has 0 heterocycles. The monoisotopic (exact) mass is 516 g/mol. The summed E-state index contributed by atoms with van der Waals surface area (Å²) in [6.07, 6.45) is 1.94. The van der Waals surface area contributed by atoms with Crippen LogP contribution in [0.5, 0.6) is 0 Å². The number of carbonyl (C=O) groups excluding carboxylic acids is 1. The van der Waals surface area contributed by atoms with Gasteiger partial charge in [0.2, 0.25) is 0 Å². The fourth-order valence-electron chi connectivity index (χ4n) is 3.98. The zero-order chi connectivity index (χ0) is 25.7. The van der Waals surface area contributed by atoms with E-state index in [0.29, 0.717) is 11.3 Å². The van der Waals surface area contributed by atoms with Crippen LogP contribution in [0.15, 0.2) is 113 Å². The molecule has 0 radical (unpaired) electrons. The van der Waals surface area contributed by atoms with E-state index >= 15 is 0 Å². The van der Waals surface area contributed by atoms with Gasteiger partial charge in [-0.2, -0.15) is 0 Å². The van der Waals surface area contributed by atoms with Crippen molar-refractivity contribution in [1.82, 2.24) is 5.32 Å². The van der Waals surface area contributed by atoms with Gasteiger partial charge in [-0.3, -0.25) is 9.10 Å². The Labute approximate surface area is 217 Å². The van der Waals surface area contributed by atoms with E-state index < -0.39 is 10.0 Å².